The zero-order chi connectivity index (χ0) is 31.9. The molecule has 234 valence electrons. The highest BCUT2D eigenvalue weighted by molar-refractivity contribution is 5.94. The molecule has 2 aromatic heterocycles. The van der Waals surface area contributed by atoms with E-state index >= 15 is 0 Å². The van der Waals surface area contributed by atoms with Crippen molar-refractivity contribution in [2.24, 2.45) is 0 Å². The number of fused-ring (bicyclic) bond motifs is 1. The minimum Gasteiger partial charge on any atom is -0.444 e. The van der Waals surface area contributed by atoms with Crippen LogP contribution in [0.4, 0.5) is 13.6 Å². The van der Waals surface area contributed by atoms with Gasteiger partial charge in [0.15, 0.2) is 0 Å². The number of ether oxygens (including phenoxy) is 1. The van der Waals surface area contributed by atoms with Crippen molar-refractivity contribution in [1.82, 2.24) is 25.4 Å². The van der Waals surface area contributed by atoms with Gasteiger partial charge in [0.25, 0.3) is 5.56 Å². The van der Waals surface area contributed by atoms with E-state index in [9.17, 15) is 23.2 Å². The molecule has 2 fully saturated rings. The fourth-order valence-electron chi connectivity index (χ4n) is 5.83. The second kappa shape index (κ2) is 11.7. The Bertz CT molecular complexity index is 1810. The number of benzene rings is 2. The summed E-state index contributed by atoms with van der Waals surface area (Å²) in [7, 11) is 0. The lowest BCUT2D eigenvalue weighted by molar-refractivity contribution is -0.139. The third-order valence-corrected chi connectivity index (χ3v) is 8.56. The molecule has 2 aliphatic carbocycles. The van der Waals surface area contributed by atoms with Crippen molar-refractivity contribution in [3.63, 3.8) is 0 Å². The predicted octanol–water partition coefficient (Wildman–Crippen LogP) is 5.90. The summed E-state index contributed by atoms with van der Waals surface area (Å²) in [5, 5.41) is 10.3. The van der Waals surface area contributed by atoms with Gasteiger partial charge in [-0.25, -0.2) is 18.7 Å². The number of rotatable bonds is 8. The van der Waals surface area contributed by atoms with Gasteiger partial charge >= 0.3 is 6.09 Å². The molecule has 2 amide bonds. The molecule has 2 aromatic carbocycles. The lowest BCUT2D eigenvalue weighted by Crippen LogP contribution is -2.48. The first-order valence-corrected chi connectivity index (χ1v) is 15.1. The van der Waals surface area contributed by atoms with E-state index in [0.29, 0.717) is 40.6 Å². The molecule has 6 rings (SSSR count). The fraction of sp³-hybridized carbons (Fsp3) is 0.382. The standard InChI is InChI=1S/C34H35F2N5O4/c1-33(2,3)45-32(44)38-18-28-25-16-21(11-13-24(25)30(42)40-39-28)34(14-15-34)31(43)41(23-6-4-7-23)19-22-12-10-20(17-37-22)29-26(35)8-5-9-27(29)36/h5,8-13,16-17,23H,4,6-7,14-15,18-19H2,1-3H3,(H,38,44)(H,40,42). The Balaban J connectivity index is 1.26. The number of aromatic nitrogens is 3. The molecule has 2 heterocycles. The molecule has 2 saturated carbocycles. The number of nitrogens with zero attached hydrogens (tertiary/aromatic N) is 3. The molecular weight excluding hydrogens is 580 g/mol. The smallest absolute Gasteiger partial charge is 0.407 e. The molecule has 0 unspecified atom stereocenters. The van der Waals surface area contributed by atoms with Crippen LogP contribution in [0, 0.1) is 11.6 Å². The van der Waals surface area contributed by atoms with Crippen LogP contribution < -0.4 is 10.9 Å². The number of pyridine rings is 1. The summed E-state index contributed by atoms with van der Waals surface area (Å²) in [5.41, 5.74) is 0.264. The second-order valence-corrected chi connectivity index (χ2v) is 12.8. The molecule has 45 heavy (non-hydrogen) atoms. The molecule has 0 radical (unpaired) electrons. The highest BCUT2D eigenvalue weighted by Crippen LogP contribution is 2.51. The Kier molecular flexibility index (Phi) is 7.88. The van der Waals surface area contributed by atoms with E-state index in [2.05, 4.69) is 20.5 Å². The van der Waals surface area contributed by atoms with Gasteiger partial charge in [-0.05, 0) is 88.8 Å². The van der Waals surface area contributed by atoms with Crippen molar-refractivity contribution in [3.8, 4) is 11.1 Å². The lowest BCUT2D eigenvalue weighted by atomic mass is 9.87. The van der Waals surface area contributed by atoms with E-state index in [1.54, 1.807) is 39.0 Å². The van der Waals surface area contributed by atoms with Crippen molar-refractivity contribution in [2.75, 3.05) is 0 Å². The van der Waals surface area contributed by atoms with Crippen molar-refractivity contribution < 1.29 is 23.1 Å². The van der Waals surface area contributed by atoms with Crippen LogP contribution in [-0.2, 0) is 28.0 Å². The Morgan fingerprint density at radius 2 is 1.80 bits per heavy atom. The van der Waals surface area contributed by atoms with Gasteiger partial charge in [-0.1, -0.05) is 18.2 Å². The van der Waals surface area contributed by atoms with Crippen LogP contribution in [0.1, 0.15) is 69.8 Å². The van der Waals surface area contributed by atoms with Crippen molar-refractivity contribution in [2.45, 2.75) is 83.0 Å². The number of hydrogen-bond donors (Lipinski definition) is 2. The highest BCUT2D eigenvalue weighted by Gasteiger charge is 2.54. The van der Waals surface area contributed by atoms with E-state index in [1.165, 1.54) is 24.4 Å². The summed E-state index contributed by atoms with van der Waals surface area (Å²) < 4.78 is 34.0. The largest absolute Gasteiger partial charge is 0.444 e. The Labute approximate surface area is 259 Å². The third-order valence-electron chi connectivity index (χ3n) is 8.56. The van der Waals surface area contributed by atoms with Crippen LogP contribution in [0.3, 0.4) is 0 Å². The summed E-state index contributed by atoms with van der Waals surface area (Å²) in [4.78, 5) is 45.6. The van der Waals surface area contributed by atoms with E-state index in [-0.39, 0.29) is 36.2 Å². The predicted molar refractivity (Wildman–Crippen MR) is 164 cm³/mol. The Morgan fingerprint density at radius 1 is 1.07 bits per heavy atom. The maximum atomic E-state index is 14.3. The summed E-state index contributed by atoms with van der Waals surface area (Å²) >= 11 is 0. The van der Waals surface area contributed by atoms with Crippen LogP contribution >= 0.6 is 0 Å². The molecule has 4 aromatic rings. The number of H-pyrrole nitrogens is 1. The maximum Gasteiger partial charge on any atom is 0.407 e. The van der Waals surface area contributed by atoms with Gasteiger partial charge < -0.3 is 15.0 Å². The van der Waals surface area contributed by atoms with Gasteiger partial charge in [0.1, 0.15) is 17.2 Å². The molecule has 2 N–H and O–H groups in total. The van der Waals surface area contributed by atoms with E-state index in [1.807, 2.05) is 17.0 Å². The summed E-state index contributed by atoms with van der Waals surface area (Å²) in [6.07, 6.45) is 4.94. The number of aromatic amines is 1. The van der Waals surface area contributed by atoms with Gasteiger partial charge in [-0.3, -0.25) is 14.6 Å². The average molecular weight is 616 g/mol. The molecule has 0 spiro atoms. The summed E-state index contributed by atoms with van der Waals surface area (Å²) in [6, 6.07) is 12.5. The molecule has 0 saturated heterocycles. The molecule has 0 bridgehead atoms. The maximum absolute atomic E-state index is 14.3. The van der Waals surface area contributed by atoms with Crippen molar-refractivity contribution >= 4 is 22.8 Å². The lowest BCUT2D eigenvalue weighted by Gasteiger charge is -2.39. The molecule has 9 nitrogen and oxygen atoms in total. The first kappa shape index (κ1) is 30.4. The topological polar surface area (TPSA) is 117 Å². The molecule has 11 heteroatoms. The minimum absolute atomic E-state index is 0.0104. The molecule has 0 atom stereocenters. The number of alkyl carbamates (subject to hydrolysis) is 1. The second-order valence-electron chi connectivity index (χ2n) is 12.8. The number of hydrogen-bond acceptors (Lipinski definition) is 6. The molecule has 0 aliphatic heterocycles. The third kappa shape index (κ3) is 6.16. The van der Waals surface area contributed by atoms with E-state index < -0.39 is 28.7 Å². The normalized spacial score (nSPS) is 15.8. The van der Waals surface area contributed by atoms with Gasteiger partial charge in [0.05, 0.1) is 40.8 Å². The van der Waals surface area contributed by atoms with Gasteiger partial charge in [-0.2, -0.15) is 5.10 Å². The Hall–Kier alpha value is -4.67. The van der Waals surface area contributed by atoms with E-state index in [0.717, 1.165) is 24.8 Å². The fourth-order valence-corrected chi connectivity index (χ4v) is 5.83. The van der Waals surface area contributed by atoms with Crippen LogP contribution in [0.2, 0.25) is 0 Å². The van der Waals surface area contributed by atoms with Crippen LogP contribution in [0.5, 0.6) is 0 Å². The molecular formula is C34H35F2N5O4. The molecule has 2 aliphatic rings. The monoisotopic (exact) mass is 615 g/mol. The van der Waals surface area contributed by atoms with Crippen LogP contribution in [0.15, 0.2) is 59.5 Å². The zero-order valence-corrected chi connectivity index (χ0v) is 25.5. The minimum atomic E-state index is -0.752. The van der Waals surface area contributed by atoms with Crippen molar-refractivity contribution in [3.05, 3.63) is 93.7 Å². The SMILES string of the molecule is CC(C)(C)OC(=O)NCc1n[nH]c(=O)c2ccc(C3(C(=O)N(Cc4ccc(-c5c(F)cccc5F)cn4)C4CCC4)CC3)cc12. The highest BCUT2D eigenvalue weighted by atomic mass is 19.1. The van der Waals surface area contributed by atoms with E-state index in [4.69, 9.17) is 4.74 Å². The number of carbonyl (C=O) groups is 2. The van der Waals surface area contributed by atoms with Crippen molar-refractivity contribution in [1.29, 1.82) is 0 Å². The van der Waals surface area contributed by atoms with Gasteiger partial charge in [0.2, 0.25) is 5.91 Å². The zero-order valence-electron chi connectivity index (χ0n) is 25.5. The first-order chi connectivity index (χ1) is 21.4. The first-order valence-electron chi connectivity index (χ1n) is 15.1. The summed E-state index contributed by atoms with van der Waals surface area (Å²) in [6.45, 7) is 5.60. The summed E-state index contributed by atoms with van der Waals surface area (Å²) in [5.74, 6) is -1.34. The Morgan fingerprint density at radius 3 is 2.40 bits per heavy atom. The van der Waals surface area contributed by atoms with Crippen LogP contribution in [-0.4, -0.2) is 43.7 Å². The number of carbonyl (C=O) groups excluding carboxylic acids is 2. The number of halogens is 2. The van der Waals surface area contributed by atoms with Gasteiger partial charge in [-0.15, -0.1) is 0 Å². The quantitative estimate of drug-likeness (QED) is 0.255. The van der Waals surface area contributed by atoms with Crippen LogP contribution in [0.25, 0.3) is 21.9 Å². The van der Waals surface area contributed by atoms with Gasteiger partial charge in [0, 0.05) is 23.2 Å². The average Bonchev–Trinajstić information content (AvgIpc) is 3.77. The number of nitrogens with one attached hydrogen (secondary N) is 2. The number of amides is 2.